The molecule has 1 N–H and O–H groups in total. The van der Waals surface area contributed by atoms with Crippen LogP contribution in [-0.4, -0.2) is 96.8 Å². The maximum Gasteiger partial charge on any atom is 0.320 e. The summed E-state index contributed by atoms with van der Waals surface area (Å²) in [5.41, 5.74) is 0. The number of morpholine rings is 1. The molecule has 2 aliphatic rings. The van der Waals surface area contributed by atoms with Crippen LogP contribution in [0.4, 0.5) is 0 Å². The van der Waals surface area contributed by atoms with Crippen molar-refractivity contribution in [2.24, 2.45) is 0 Å². The largest absolute Gasteiger partial charge is 0.480 e. The van der Waals surface area contributed by atoms with Crippen molar-refractivity contribution in [3.63, 3.8) is 0 Å². The lowest BCUT2D eigenvalue weighted by atomic mass is 10.1. The Morgan fingerprint density at radius 3 is 2.24 bits per heavy atom. The van der Waals surface area contributed by atoms with Gasteiger partial charge in [-0.2, -0.15) is 0 Å². The number of hydrogen-bond donors (Lipinski definition) is 1. The highest BCUT2D eigenvalue weighted by Crippen LogP contribution is 2.10. The molecule has 0 radical (unpaired) electrons. The molecular formula is C14H25N3O4. The molecule has 2 rings (SSSR count). The van der Waals surface area contributed by atoms with Gasteiger partial charge >= 0.3 is 5.97 Å². The number of carboxylic acid groups (broad SMARTS) is 1. The monoisotopic (exact) mass is 299 g/mol. The van der Waals surface area contributed by atoms with Crippen molar-refractivity contribution in [1.82, 2.24) is 14.7 Å². The van der Waals surface area contributed by atoms with Gasteiger partial charge in [-0.05, 0) is 6.42 Å². The van der Waals surface area contributed by atoms with Crippen molar-refractivity contribution in [2.75, 3.05) is 59.0 Å². The predicted molar refractivity (Wildman–Crippen MR) is 77.1 cm³/mol. The lowest BCUT2D eigenvalue weighted by molar-refractivity contribution is -0.145. The van der Waals surface area contributed by atoms with Crippen LogP contribution in [0.15, 0.2) is 0 Å². The molecule has 0 aromatic carbocycles. The van der Waals surface area contributed by atoms with E-state index in [1.807, 2.05) is 16.7 Å². The van der Waals surface area contributed by atoms with Gasteiger partial charge in [-0.1, -0.05) is 6.92 Å². The Bertz CT molecular complexity index is 363. The second kappa shape index (κ2) is 7.72. The number of piperazine rings is 1. The lowest BCUT2D eigenvalue weighted by Crippen LogP contribution is -2.54. The van der Waals surface area contributed by atoms with E-state index in [0.717, 1.165) is 13.1 Å². The summed E-state index contributed by atoms with van der Waals surface area (Å²) in [5.74, 6) is -0.604. The molecule has 2 saturated heterocycles. The Kier molecular flexibility index (Phi) is 5.96. The van der Waals surface area contributed by atoms with Gasteiger partial charge in [-0.25, -0.2) is 0 Å². The van der Waals surface area contributed by atoms with Crippen molar-refractivity contribution in [2.45, 2.75) is 19.4 Å². The van der Waals surface area contributed by atoms with Gasteiger partial charge in [0.1, 0.15) is 6.04 Å². The summed E-state index contributed by atoms with van der Waals surface area (Å²) in [5, 5.41) is 9.18. The van der Waals surface area contributed by atoms with E-state index < -0.39 is 12.0 Å². The number of nitrogens with zero attached hydrogens (tertiary/aromatic N) is 3. The zero-order valence-electron chi connectivity index (χ0n) is 12.7. The van der Waals surface area contributed by atoms with Crippen LogP contribution in [0.1, 0.15) is 13.3 Å². The van der Waals surface area contributed by atoms with Gasteiger partial charge in [0.15, 0.2) is 0 Å². The van der Waals surface area contributed by atoms with Gasteiger partial charge in [0.25, 0.3) is 0 Å². The van der Waals surface area contributed by atoms with Crippen LogP contribution in [0.3, 0.4) is 0 Å². The number of hydrogen-bond acceptors (Lipinski definition) is 5. The number of carbonyl (C=O) groups is 2. The van der Waals surface area contributed by atoms with E-state index in [2.05, 4.69) is 4.90 Å². The summed E-state index contributed by atoms with van der Waals surface area (Å²) in [7, 11) is 0. The van der Waals surface area contributed by atoms with Crippen LogP contribution in [0.25, 0.3) is 0 Å². The maximum absolute atomic E-state index is 12.2. The molecule has 0 bridgehead atoms. The number of carbonyl (C=O) groups excluding carboxylic acids is 1. The third kappa shape index (κ3) is 4.39. The molecule has 0 aromatic rings. The van der Waals surface area contributed by atoms with Crippen molar-refractivity contribution in [1.29, 1.82) is 0 Å². The lowest BCUT2D eigenvalue weighted by Gasteiger charge is -2.38. The molecule has 2 fully saturated rings. The molecule has 7 heteroatoms. The fraction of sp³-hybridized carbons (Fsp3) is 0.857. The first-order valence-corrected chi connectivity index (χ1v) is 7.66. The quantitative estimate of drug-likeness (QED) is 0.725. The van der Waals surface area contributed by atoms with E-state index in [-0.39, 0.29) is 5.91 Å². The Morgan fingerprint density at radius 1 is 1.10 bits per heavy atom. The highest BCUT2D eigenvalue weighted by molar-refractivity contribution is 5.78. The number of aliphatic carboxylic acids is 1. The highest BCUT2D eigenvalue weighted by atomic mass is 16.5. The highest BCUT2D eigenvalue weighted by Gasteiger charge is 2.28. The zero-order chi connectivity index (χ0) is 15.2. The van der Waals surface area contributed by atoms with Gasteiger partial charge < -0.3 is 14.7 Å². The summed E-state index contributed by atoms with van der Waals surface area (Å²) >= 11 is 0. The van der Waals surface area contributed by atoms with Crippen LogP contribution >= 0.6 is 0 Å². The molecule has 1 unspecified atom stereocenters. The van der Waals surface area contributed by atoms with Crippen molar-refractivity contribution < 1.29 is 19.4 Å². The molecule has 0 spiro atoms. The molecule has 0 aromatic heterocycles. The number of rotatable bonds is 5. The minimum atomic E-state index is -0.754. The summed E-state index contributed by atoms with van der Waals surface area (Å²) in [4.78, 5) is 29.3. The van der Waals surface area contributed by atoms with Crippen LogP contribution in [0.5, 0.6) is 0 Å². The van der Waals surface area contributed by atoms with E-state index in [1.54, 1.807) is 0 Å². The van der Waals surface area contributed by atoms with Crippen molar-refractivity contribution in [3.05, 3.63) is 0 Å². The second-order valence-electron chi connectivity index (χ2n) is 5.57. The predicted octanol–water partition coefficient (Wildman–Crippen LogP) is -0.674. The SMILES string of the molecule is CCC(C(=O)O)N1CCN(CC(=O)N2CCOCC2)CC1. The van der Waals surface area contributed by atoms with E-state index >= 15 is 0 Å². The third-order valence-corrected chi connectivity index (χ3v) is 4.24. The fourth-order valence-corrected chi connectivity index (χ4v) is 2.93. The van der Waals surface area contributed by atoms with E-state index in [1.165, 1.54) is 0 Å². The molecule has 120 valence electrons. The number of ether oxygens (including phenoxy) is 1. The standard InChI is InChI=1S/C14H25N3O4/c1-2-12(14(19)20)16-5-3-15(4-6-16)11-13(18)17-7-9-21-10-8-17/h12H,2-11H2,1H3,(H,19,20). The van der Waals surface area contributed by atoms with E-state index in [4.69, 9.17) is 4.74 Å². The van der Waals surface area contributed by atoms with Gasteiger partial charge in [0.05, 0.1) is 19.8 Å². The van der Waals surface area contributed by atoms with Gasteiger partial charge in [0.2, 0.25) is 5.91 Å². The number of carboxylic acids is 1. The first-order chi connectivity index (χ1) is 10.1. The molecule has 0 saturated carbocycles. The van der Waals surface area contributed by atoms with Gasteiger partial charge in [0, 0.05) is 39.3 Å². The minimum Gasteiger partial charge on any atom is -0.480 e. The van der Waals surface area contributed by atoms with Crippen LogP contribution in [0.2, 0.25) is 0 Å². The zero-order valence-corrected chi connectivity index (χ0v) is 12.7. The average Bonchev–Trinajstić information content (AvgIpc) is 2.50. The molecule has 2 heterocycles. The molecular weight excluding hydrogens is 274 g/mol. The van der Waals surface area contributed by atoms with E-state index in [0.29, 0.717) is 52.4 Å². The number of amides is 1. The van der Waals surface area contributed by atoms with Crippen LogP contribution < -0.4 is 0 Å². The molecule has 7 nitrogen and oxygen atoms in total. The summed E-state index contributed by atoms with van der Waals surface area (Å²) < 4.78 is 5.25. The smallest absolute Gasteiger partial charge is 0.320 e. The normalized spacial score (nSPS) is 23.0. The third-order valence-electron chi connectivity index (χ3n) is 4.24. The summed E-state index contributed by atoms with van der Waals surface area (Å²) in [6, 6.07) is -0.401. The Balaban J connectivity index is 1.75. The second-order valence-corrected chi connectivity index (χ2v) is 5.57. The van der Waals surface area contributed by atoms with Gasteiger partial charge in [-0.3, -0.25) is 19.4 Å². The molecule has 1 atom stereocenters. The molecule has 2 aliphatic heterocycles. The molecule has 21 heavy (non-hydrogen) atoms. The molecule has 1 amide bonds. The van der Waals surface area contributed by atoms with Crippen LogP contribution in [0, 0.1) is 0 Å². The molecule has 0 aliphatic carbocycles. The Labute approximate surface area is 125 Å². The Hall–Kier alpha value is -1.18. The fourth-order valence-electron chi connectivity index (χ4n) is 2.93. The topological polar surface area (TPSA) is 73.3 Å². The van der Waals surface area contributed by atoms with Crippen molar-refractivity contribution >= 4 is 11.9 Å². The summed E-state index contributed by atoms with van der Waals surface area (Å²) in [6.45, 7) is 7.84. The first kappa shape index (κ1) is 16.2. The van der Waals surface area contributed by atoms with Crippen LogP contribution in [-0.2, 0) is 14.3 Å². The minimum absolute atomic E-state index is 0.150. The Morgan fingerprint density at radius 2 is 1.71 bits per heavy atom. The van der Waals surface area contributed by atoms with E-state index in [9.17, 15) is 14.7 Å². The van der Waals surface area contributed by atoms with Crippen molar-refractivity contribution in [3.8, 4) is 0 Å². The maximum atomic E-state index is 12.2. The average molecular weight is 299 g/mol. The summed E-state index contributed by atoms with van der Waals surface area (Å²) in [6.07, 6.45) is 0.613. The first-order valence-electron chi connectivity index (χ1n) is 7.66. The van der Waals surface area contributed by atoms with Gasteiger partial charge in [-0.15, -0.1) is 0 Å².